The number of halogens is 3. The molecule has 3 aromatic carbocycles. The number of aromatic nitrogens is 1. The van der Waals surface area contributed by atoms with Crippen LogP contribution in [-0.4, -0.2) is 10.9 Å². The lowest BCUT2D eigenvalue weighted by Crippen LogP contribution is -2.12. The van der Waals surface area contributed by atoms with Gasteiger partial charge in [-0.3, -0.25) is 4.79 Å². The second-order valence-electron chi connectivity index (χ2n) is 5.79. The van der Waals surface area contributed by atoms with Gasteiger partial charge in [-0.1, -0.05) is 33.6 Å². The van der Waals surface area contributed by atoms with Gasteiger partial charge in [-0.05, 0) is 77.2 Å². The number of nitrogens with one attached hydrogen (secondary N) is 1. The molecule has 1 heterocycles. The number of rotatable bonds is 3. The first-order chi connectivity index (χ1) is 13.0. The topological polar surface area (TPSA) is 55.1 Å². The average molecular weight is 554 g/mol. The molecule has 4 rings (SSSR count). The molecule has 134 valence electrons. The van der Waals surface area contributed by atoms with Crippen molar-refractivity contribution >= 4 is 72.8 Å². The lowest BCUT2D eigenvalue weighted by atomic mass is 10.2. The van der Waals surface area contributed by atoms with Gasteiger partial charge in [0.25, 0.3) is 5.91 Å². The molecule has 7 heteroatoms. The van der Waals surface area contributed by atoms with E-state index in [1.54, 1.807) is 30.3 Å². The third-order valence-electron chi connectivity index (χ3n) is 3.89. The molecule has 0 fully saturated rings. The van der Waals surface area contributed by atoms with Crippen LogP contribution in [0.1, 0.15) is 10.4 Å². The molecule has 0 unspecified atom stereocenters. The van der Waals surface area contributed by atoms with Gasteiger partial charge in [-0.2, -0.15) is 0 Å². The van der Waals surface area contributed by atoms with Gasteiger partial charge in [0, 0.05) is 19.3 Å². The second-order valence-corrected chi connectivity index (χ2v) is 8.36. The van der Waals surface area contributed by atoms with Gasteiger partial charge in [-0.15, -0.1) is 0 Å². The Bertz CT molecular complexity index is 1180. The summed E-state index contributed by atoms with van der Waals surface area (Å²) < 4.78 is 7.71. The summed E-state index contributed by atoms with van der Waals surface area (Å²) in [6.07, 6.45) is 0. The SMILES string of the molecule is O=C(Nc1ccc2oc(-c3cccc(Br)c3)nc2c1)c1cc(I)ccc1Cl. The zero-order chi connectivity index (χ0) is 19.0. The minimum absolute atomic E-state index is 0.270. The Kier molecular flexibility index (Phi) is 5.21. The summed E-state index contributed by atoms with van der Waals surface area (Å²) in [6.45, 7) is 0. The van der Waals surface area contributed by atoms with E-state index in [0.717, 1.165) is 13.6 Å². The summed E-state index contributed by atoms with van der Waals surface area (Å²) in [6, 6.07) is 18.4. The van der Waals surface area contributed by atoms with E-state index in [4.69, 9.17) is 16.0 Å². The molecule has 0 aliphatic carbocycles. The normalized spacial score (nSPS) is 10.9. The van der Waals surface area contributed by atoms with Crippen molar-refractivity contribution in [3.05, 3.63) is 79.3 Å². The van der Waals surface area contributed by atoms with Crippen molar-refractivity contribution < 1.29 is 9.21 Å². The number of nitrogens with zero attached hydrogens (tertiary/aromatic N) is 1. The van der Waals surface area contributed by atoms with Crippen molar-refractivity contribution in [3.63, 3.8) is 0 Å². The highest BCUT2D eigenvalue weighted by Crippen LogP contribution is 2.28. The number of oxazole rings is 1. The molecule has 0 aliphatic rings. The van der Waals surface area contributed by atoms with Crippen LogP contribution in [0.4, 0.5) is 5.69 Å². The van der Waals surface area contributed by atoms with Gasteiger partial charge >= 0.3 is 0 Å². The molecule has 0 radical (unpaired) electrons. The van der Waals surface area contributed by atoms with Crippen LogP contribution in [0.15, 0.2) is 69.6 Å². The first kappa shape index (κ1) is 18.5. The molecule has 27 heavy (non-hydrogen) atoms. The Morgan fingerprint density at radius 2 is 1.96 bits per heavy atom. The van der Waals surface area contributed by atoms with Crippen molar-refractivity contribution in [2.45, 2.75) is 0 Å². The standard InChI is InChI=1S/C20H11BrClIN2O2/c21-12-3-1-2-11(8-12)20-25-17-10-14(5-7-18(17)27-20)24-19(26)15-9-13(23)4-6-16(15)22/h1-10H,(H,24,26). The Morgan fingerprint density at radius 1 is 1.11 bits per heavy atom. The molecule has 4 aromatic rings. The summed E-state index contributed by atoms with van der Waals surface area (Å²) in [7, 11) is 0. The van der Waals surface area contributed by atoms with E-state index >= 15 is 0 Å². The van der Waals surface area contributed by atoms with Crippen molar-refractivity contribution in [1.82, 2.24) is 4.98 Å². The highest BCUT2D eigenvalue weighted by molar-refractivity contribution is 14.1. The van der Waals surface area contributed by atoms with Crippen LogP contribution in [0.25, 0.3) is 22.6 Å². The monoisotopic (exact) mass is 552 g/mol. The van der Waals surface area contributed by atoms with Crippen LogP contribution >= 0.6 is 50.1 Å². The molecule has 0 saturated carbocycles. The maximum atomic E-state index is 12.5. The second kappa shape index (κ2) is 7.61. The summed E-state index contributed by atoms with van der Waals surface area (Å²) in [5, 5.41) is 3.27. The van der Waals surface area contributed by atoms with Gasteiger partial charge in [0.2, 0.25) is 5.89 Å². The number of fused-ring (bicyclic) bond motifs is 1. The van der Waals surface area contributed by atoms with Gasteiger partial charge in [0.15, 0.2) is 5.58 Å². The van der Waals surface area contributed by atoms with Crippen LogP contribution in [0.2, 0.25) is 5.02 Å². The molecule has 4 nitrogen and oxygen atoms in total. The lowest BCUT2D eigenvalue weighted by Gasteiger charge is -2.07. The summed E-state index contributed by atoms with van der Waals surface area (Å²) in [5.41, 5.74) is 3.23. The van der Waals surface area contributed by atoms with E-state index < -0.39 is 0 Å². The molecule has 0 saturated heterocycles. The highest BCUT2D eigenvalue weighted by atomic mass is 127. The van der Waals surface area contributed by atoms with Gasteiger partial charge in [0.05, 0.1) is 10.6 Å². The van der Waals surface area contributed by atoms with E-state index in [0.29, 0.717) is 33.3 Å². The molecule has 1 aromatic heterocycles. The maximum absolute atomic E-state index is 12.5. The van der Waals surface area contributed by atoms with Gasteiger partial charge < -0.3 is 9.73 Å². The molecule has 0 spiro atoms. The van der Waals surface area contributed by atoms with Gasteiger partial charge in [0.1, 0.15) is 5.52 Å². The fourth-order valence-corrected chi connectivity index (χ4v) is 3.71. The molecular weight excluding hydrogens is 542 g/mol. The van der Waals surface area contributed by atoms with Crippen LogP contribution < -0.4 is 5.32 Å². The number of carbonyl (C=O) groups excluding carboxylic acids is 1. The number of anilines is 1. The third-order valence-corrected chi connectivity index (χ3v) is 5.38. The molecule has 0 atom stereocenters. The van der Waals surface area contributed by atoms with E-state index in [2.05, 4.69) is 48.8 Å². The van der Waals surface area contributed by atoms with Crippen LogP contribution in [-0.2, 0) is 0 Å². The molecule has 0 bridgehead atoms. The Morgan fingerprint density at radius 3 is 2.78 bits per heavy atom. The van der Waals surface area contributed by atoms with Crippen LogP contribution in [0, 0.1) is 3.57 Å². The number of benzene rings is 3. The first-order valence-corrected chi connectivity index (χ1v) is 10.2. The Hall–Kier alpha value is -1.90. The summed E-state index contributed by atoms with van der Waals surface area (Å²) in [4.78, 5) is 17.1. The minimum Gasteiger partial charge on any atom is -0.436 e. The van der Waals surface area contributed by atoms with Crippen LogP contribution in [0.3, 0.4) is 0 Å². The zero-order valence-corrected chi connectivity index (χ0v) is 18.2. The molecule has 0 aliphatic heterocycles. The van der Waals surface area contributed by atoms with E-state index in [9.17, 15) is 4.79 Å². The number of hydrogen-bond acceptors (Lipinski definition) is 3. The predicted molar refractivity (Wildman–Crippen MR) is 119 cm³/mol. The quantitative estimate of drug-likeness (QED) is 0.285. The Labute approximate surface area is 182 Å². The smallest absolute Gasteiger partial charge is 0.257 e. The van der Waals surface area contributed by atoms with Gasteiger partial charge in [-0.25, -0.2) is 4.98 Å². The van der Waals surface area contributed by atoms with Crippen molar-refractivity contribution in [3.8, 4) is 11.5 Å². The van der Waals surface area contributed by atoms with Crippen molar-refractivity contribution in [2.75, 3.05) is 5.32 Å². The van der Waals surface area contributed by atoms with Crippen molar-refractivity contribution in [2.24, 2.45) is 0 Å². The molecule has 1 N–H and O–H groups in total. The van der Waals surface area contributed by atoms with E-state index in [1.165, 1.54) is 0 Å². The lowest BCUT2D eigenvalue weighted by molar-refractivity contribution is 0.102. The highest BCUT2D eigenvalue weighted by Gasteiger charge is 2.13. The number of hydrogen-bond donors (Lipinski definition) is 1. The fraction of sp³-hybridized carbons (Fsp3) is 0. The number of amides is 1. The predicted octanol–water partition coefficient (Wildman–Crippen LogP) is 6.77. The molecule has 1 amide bonds. The van der Waals surface area contributed by atoms with Crippen molar-refractivity contribution in [1.29, 1.82) is 0 Å². The zero-order valence-electron chi connectivity index (χ0n) is 13.7. The average Bonchev–Trinajstić information content (AvgIpc) is 3.07. The molecular formula is C20H11BrClIN2O2. The Balaban J connectivity index is 1.64. The largest absolute Gasteiger partial charge is 0.436 e. The van der Waals surface area contributed by atoms with E-state index in [-0.39, 0.29) is 5.91 Å². The fourth-order valence-electron chi connectivity index (χ4n) is 2.62. The summed E-state index contributed by atoms with van der Waals surface area (Å²) in [5.74, 6) is 0.254. The minimum atomic E-state index is -0.270. The maximum Gasteiger partial charge on any atom is 0.257 e. The van der Waals surface area contributed by atoms with Crippen LogP contribution in [0.5, 0.6) is 0 Å². The van der Waals surface area contributed by atoms with E-state index in [1.807, 2.05) is 30.3 Å². The third kappa shape index (κ3) is 4.02. The summed E-state index contributed by atoms with van der Waals surface area (Å²) >= 11 is 11.7. The number of carbonyl (C=O) groups is 1. The first-order valence-electron chi connectivity index (χ1n) is 7.92.